The van der Waals surface area contributed by atoms with Gasteiger partial charge in [0, 0.05) is 20.0 Å². The molecule has 0 aromatic rings. The number of rotatable bonds is 19. The van der Waals surface area contributed by atoms with Gasteiger partial charge in [-0.15, -0.1) is 0 Å². The number of unbranched alkanes of at least 4 members (excludes halogenated alkanes) is 14. The van der Waals surface area contributed by atoms with Crippen LogP contribution in [0.25, 0.3) is 0 Å². The molecule has 0 aromatic carbocycles. The van der Waals surface area contributed by atoms with E-state index in [0.717, 1.165) is 12.8 Å². The van der Waals surface area contributed by atoms with Crippen molar-refractivity contribution >= 4 is 41.4 Å². The topological polar surface area (TPSA) is 57.6 Å². The molecule has 1 N–H and O–H groups in total. The predicted octanol–water partition coefficient (Wildman–Crippen LogP) is 5.53. The molecule has 0 radical (unpaired) electrons. The Hall–Kier alpha value is -0.0600. The number of carboxylic acid groups (broad SMARTS) is 1. The van der Waals surface area contributed by atoms with Gasteiger partial charge >= 0.3 is 35.5 Å². The van der Waals surface area contributed by atoms with Crippen LogP contribution in [0.1, 0.15) is 116 Å². The van der Waals surface area contributed by atoms with E-state index in [1.54, 1.807) is 7.05 Å². The molecule has 0 aromatic heterocycles. The van der Waals surface area contributed by atoms with E-state index in [9.17, 15) is 9.59 Å². The van der Waals surface area contributed by atoms with Gasteiger partial charge in [-0.05, 0) is 6.42 Å². The number of hydrogen-bond donors (Lipinski definition) is 1. The fourth-order valence-corrected chi connectivity index (χ4v) is 3.23. The van der Waals surface area contributed by atoms with Crippen LogP contribution in [-0.4, -0.2) is 65.0 Å². The van der Waals surface area contributed by atoms with Gasteiger partial charge in [0.1, 0.15) is 0 Å². The van der Waals surface area contributed by atoms with Crippen molar-refractivity contribution in [3.63, 3.8) is 0 Å². The van der Waals surface area contributed by atoms with Gasteiger partial charge in [0.05, 0.1) is 6.42 Å². The summed E-state index contributed by atoms with van der Waals surface area (Å²) in [5, 5.41) is 8.62. The molecule has 0 heterocycles. The zero-order valence-electron chi connectivity index (χ0n) is 17.4. The summed E-state index contributed by atoms with van der Waals surface area (Å²) in [6, 6.07) is 0. The SMILES string of the molecule is CCCCCCCCCCCCCCCCCC(=O)N(C)CCC(=O)O.[NaH]. The second-order valence-electron chi connectivity index (χ2n) is 7.66. The van der Waals surface area contributed by atoms with Crippen molar-refractivity contribution in [3.8, 4) is 0 Å². The van der Waals surface area contributed by atoms with Crippen LogP contribution in [0.4, 0.5) is 0 Å². The number of carbonyl (C=O) groups is 2. The second kappa shape index (κ2) is 22.2. The molecule has 0 spiro atoms. The van der Waals surface area contributed by atoms with Gasteiger partial charge < -0.3 is 10.0 Å². The Balaban J connectivity index is 0. The van der Waals surface area contributed by atoms with Gasteiger partial charge in [0.15, 0.2) is 0 Å². The first kappa shape index (κ1) is 29.1. The van der Waals surface area contributed by atoms with E-state index in [2.05, 4.69) is 6.92 Å². The predicted molar refractivity (Wildman–Crippen MR) is 117 cm³/mol. The van der Waals surface area contributed by atoms with Crippen molar-refractivity contribution in [2.24, 2.45) is 0 Å². The van der Waals surface area contributed by atoms with E-state index >= 15 is 0 Å². The van der Waals surface area contributed by atoms with Crippen molar-refractivity contribution < 1.29 is 14.7 Å². The Kier molecular flexibility index (Phi) is 24.0. The average Bonchev–Trinajstić information content (AvgIpc) is 2.62. The van der Waals surface area contributed by atoms with Crippen LogP contribution in [0.3, 0.4) is 0 Å². The first-order chi connectivity index (χ1) is 12.6. The molecule has 0 aliphatic heterocycles. The van der Waals surface area contributed by atoms with E-state index in [0.29, 0.717) is 13.0 Å². The molecule has 5 heteroatoms. The van der Waals surface area contributed by atoms with Crippen LogP contribution >= 0.6 is 0 Å². The molecule has 0 fully saturated rings. The molecule has 0 aliphatic rings. The van der Waals surface area contributed by atoms with E-state index in [1.165, 1.54) is 88.4 Å². The first-order valence-electron chi connectivity index (χ1n) is 11.0. The van der Waals surface area contributed by atoms with Gasteiger partial charge in [0.25, 0.3) is 0 Å². The van der Waals surface area contributed by atoms with Crippen molar-refractivity contribution in [1.82, 2.24) is 4.90 Å². The minimum atomic E-state index is -0.850. The van der Waals surface area contributed by atoms with E-state index < -0.39 is 5.97 Å². The molecule has 156 valence electrons. The van der Waals surface area contributed by atoms with Crippen molar-refractivity contribution in [2.45, 2.75) is 116 Å². The summed E-state index contributed by atoms with van der Waals surface area (Å²) >= 11 is 0. The fourth-order valence-electron chi connectivity index (χ4n) is 3.23. The average molecular weight is 394 g/mol. The molecule has 1 amide bonds. The van der Waals surface area contributed by atoms with E-state index in [-0.39, 0.29) is 41.9 Å². The summed E-state index contributed by atoms with van der Waals surface area (Å²) in [5.74, 6) is -0.780. The number of hydrogen-bond acceptors (Lipinski definition) is 2. The molecule has 0 atom stereocenters. The molecule has 0 aliphatic carbocycles. The molecule has 27 heavy (non-hydrogen) atoms. The molecule has 0 bridgehead atoms. The summed E-state index contributed by atoms with van der Waals surface area (Å²) in [4.78, 5) is 23.9. The third kappa shape index (κ3) is 22.1. The zero-order chi connectivity index (χ0) is 19.5. The molecule has 4 nitrogen and oxygen atoms in total. The maximum absolute atomic E-state index is 11.8. The van der Waals surface area contributed by atoms with Crippen LogP contribution in [0, 0.1) is 0 Å². The monoisotopic (exact) mass is 393 g/mol. The zero-order valence-corrected chi connectivity index (χ0v) is 17.4. The summed E-state index contributed by atoms with van der Waals surface area (Å²) in [7, 11) is 1.69. The van der Waals surface area contributed by atoms with E-state index in [1.807, 2.05) is 0 Å². The number of aliphatic carboxylic acids is 1. The van der Waals surface area contributed by atoms with Gasteiger partial charge in [0.2, 0.25) is 5.91 Å². The normalized spacial score (nSPS) is 10.4. The van der Waals surface area contributed by atoms with Crippen molar-refractivity contribution in [3.05, 3.63) is 0 Å². The second-order valence-corrected chi connectivity index (χ2v) is 7.66. The van der Waals surface area contributed by atoms with Gasteiger partial charge in [-0.1, -0.05) is 96.8 Å². The quantitative estimate of drug-likeness (QED) is 0.232. The molecule has 0 rings (SSSR count). The standard InChI is InChI=1S/C22H43NO3.Na.H/c1-3-4-5-6-7-8-9-10-11-12-13-14-15-16-17-18-21(24)23(2)20-19-22(25)26;;/h3-20H2,1-2H3,(H,25,26);;. The molecule has 0 saturated heterocycles. The summed E-state index contributed by atoms with van der Waals surface area (Å²) < 4.78 is 0. The summed E-state index contributed by atoms with van der Waals surface area (Å²) in [6.45, 7) is 2.58. The first-order valence-corrected chi connectivity index (χ1v) is 11.0. The summed E-state index contributed by atoms with van der Waals surface area (Å²) in [6.07, 6.45) is 20.4. The molecule has 0 unspecified atom stereocenters. The van der Waals surface area contributed by atoms with Crippen LogP contribution in [0.5, 0.6) is 0 Å². The van der Waals surface area contributed by atoms with Gasteiger partial charge in [-0.2, -0.15) is 0 Å². The molecule has 0 saturated carbocycles. The van der Waals surface area contributed by atoms with Gasteiger partial charge in [-0.25, -0.2) is 0 Å². The van der Waals surface area contributed by atoms with Crippen LogP contribution in [-0.2, 0) is 9.59 Å². The number of carboxylic acids is 1. The Labute approximate surface area is 190 Å². The van der Waals surface area contributed by atoms with E-state index in [4.69, 9.17) is 5.11 Å². The Morgan fingerprint density at radius 3 is 1.41 bits per heavy atom. The third-order valence-corrected chi connectivity index (χ3v) is 5.08. The Morgan fingerprint density at radius 1 is 0.667 bits per heavy atom. The van der Waals surface area contributed by atoms with Crippen LogP contribution < -0.4 is 0 Å². The van der Waals surface area contributed by atoms with Crippen molar-refractivity contribution in [2.75, 3.05) is 13.6 Å². The van der Waals surface area contributed by atoms with Crippen LogP contribution in [0.2, 0.25) is 0 Å². The Bertz CT molecular complexity index is 350. The third-order valence-electron chi connectivity index (χ3n) is 5.08. The number of nitrogens with zero attached hydrogens (tertiary/aromatic N) is 1. The molecular formula is C22H44NNaO3. The minimum absolute atomic E-state index is 0. The van der Waals surface area contributed by atoms with Gasteiger partial charge in [-0.3, -0.25) is 9.59 Å². The summed E-state index contributed by atoms with van der Waals surface area (Å²) in [5.41, 5.74) is 0. The number of amides is 1. The number of carbonyl (C=O) groups excluding carboxylic acids is 1. The fraction of sp³-hybridized carbons (Fsp3) is 0.909. The van der Waals surface area contributed by atoms with Crippen LogP contribution in [0.15, 0.2) is 0 Å². The maximum atomic E-state index is 11.8. The molecular weight excluding hydrogens is 349 g/mol. The van der Waals surface area contributed by atoms with Crippen molar-refractivity contribution in [1.29, 1.82) is 0 Å². The Morgan fingerprint density at radius 2 is 1.04 bits per heavy atom.